The van der Waals surface area contributed by atoms with Gasteiger partial charge in [0.2, 0.25) is 0 Å². The second-order valence-electron chi connectivity index (χ2n) is 3.79. The first-order valence-corrected chi connectivity index (χ1v) is 4.75. The van der Waals surface area contributed by atoms with Crippen molar-refractivity contribution in [3.05, 3.63) is 36.2 Å². The van der Waals surface area contributed by atoms with Crippen LogP contribution >= 0.6 is 0 Å². The average molecular weight is 187 g/mol. The predicted molar refractivity (Wildman–Crippen MR) is 57.5 cm³/mol. The molecule has 0 atom stereocenters. The first kappa shape index (κ1) is 9.00. The number of aromatic hydroxyl groups is 1. The summed E-state index contributed by atoms with van der Waals surface area (Å²) in [7, 11) is 0. The highest BCUT2D eigenvalue weighted by Gasteiger charge is 2.03. The molecule has 1 heterocycles. The van der Waals surface area contributed by atoms with Crippen LogP contribution in [0.2, 0.25) is 0 Å². The number of hydrogen-bond donors (Lipinski definition) is 1. The normalized spacial score (nSPS) is 11.1. The first-order chi connectivity index (χ1) is 6.68. The Balaban J connectivity index is 2.67. The van der Waals surface area contributed by atoms with E-state index >= 15 is 0 Å². The number of nitrogens with zero attached hydrogens (tertiary/aromatic N) is 1. The molecule has 0 spiro atoms. The Bertz CT molecular complexity index is 463. The lowest BCUT2D eigenvalue weighted by atomic mass is 10.0. The first-order valence-electron chi connectivity index (χ1n) is 4.75. The van der Waals surface area contributed by atoms with Gasteiger partial charge in [0, 0.05) is 17.0 Å². The fourth-order valence-corrected chi connectivity index (χ4v) is 1.54. The number of benzene rings is 1. The summed E-state index contributed by atoms with van der Waals surface area (Å²) in [6, 6.07) is 6.07. The van der Waals surface area contributed by atoms with Gasteiger partial charge in [0.15, 0.2) is 0 Å². The van der Waals surface area contributed by atoms with Crippen LogP contribution in [0.25, 0.3) is 10.8 Å². The Morgan fingerprint density at radius 2 is 2.00 bits per heavy atom. The Morgan fingerprint density at radius 1 is 1.21 bits per heavy atom. The van der Waals surface area contributed by atoms with Gasteiger partial charge >= 0.3 is 0 Å². The summed E-state index contributed by atoms with van der Waals surface area (Å²) in [5, 5.41) is 11.4. The summed E-state index contributed by atoms with van der Waals surface area (Å²) >= 11 is 0. The lowest BCUT2D eigenvalue weighted by molar-refractivity contribution is 0.479. The zero-order chi connectivity index (χ0) is 10.1. The molecular formula is C12H13NO. The molecule has 14 heavy (non-hydrogen) atoms. The molecule has 0 aliphatic rings. The van der Waals surface area contributed by atoms with Crippen LogP contribution in [0.15, 0.2) is 30.6 Å². The van der Waals surface area contributed by atoms with Gasteiger partial charge in [0.1, 0.15) is 5.75 Å². The van der Waals surface area contributed by atoms with Gasteiger partial charge < -0.3 is 5.11 Å². The third-order valence-corrected chi connectivity index (χ3v) is 2.43. The molecule has 0 unspecified atom stereocenters. The minimum atomic E-state index is 0.248. The van der Waals surface area contributed by atoms with Gasteiger partial charge in [-0.05, 0) is 17.5 Å². The van der Waals surface area contributed by atoms with Crippen molar-refractivity contribution >= 4 is 10.8 Å². The topological polar surface area (TPSA) is 33.1 Å². The number of rotatable bonds is 1. The van der Waals surface area contributed by atoms with E-state index in [0.717, 1.165) is 10.8 Å². The van der Waals surface area contributed by atoms with E-state index < -0.39 is 0 Å². The van der Waals surface area contributed by atoms with Gasteiger partial charge in [-0.3, -0.25) is 4.98 Å². The van der Waals surface area contributed by atoms with Crippen LogP contribution in [0, 0.1) is 0 Å². The maximum Gasteiger partial charge on any atom is 0.141 e. The van der Waals surface area contributed by atoms with Crippen molar-refractivity contribution in [3.8, 4) is 5.75 Å². The minimum absolute atomic E-state index is 0.248. The molecule has 0 amide bonds. The highest BCUT2D eigenvalue weighted by molar-refractivity contribution is 5.87. The predicted octanol–water partition coefficient (Wildman–Crippen LogP) is 3.06. The average Bonchev–Trinajstić information content (AvgIpc) is 2.17. The highest BCUT2D eigenvalue weighted by atomic mass is 16.3. The maximum atomic E-state index is 9.54. The van der Waals surface area contributed by atoms with E-state index in [1.807, 2.05) is 12.1 Å². The lowest BCUT2D eigenvalue weighted by Gasteiger charge is -2.07. The molecule has 2 heteroatoms. The quantitative estimate of drug-likeness (QED) is 0.744. The fraction of sp³-hybridized carbons (Fsp3) is 0.250. The van der Waals surface area contributed by atoms with Crippen LogP contribution in [-0.4, -0.2) is 10.1 Å². The Hall–Kier alpha value is -1.57. The highest BCUT2D eigenvalue weighted by Crippen LogP contribution is 2.26. The zero-order valence-corrected chi connectivity index (χ0v) is 8.36. The van der Waals surface area contributed by atoms with Crippen molar-refractivity contribution in [2.75, 3.05) is 0 Å². The van der Waals surface area contributed by atoms with Crippen LogP contribution in [0.1, 0.15) is 25.3 Å². The molecule has 0 aliphatic carbocycles. The van der Waals surface area contributed by atoms with Crippen LogP contribution in [0.3, 0.4) is 0 Å². The summed E-state index contributed by atoms with van der Waals surface area (Å²) in [5.74, 6) is 0.750. The minimum Gasteiger partial charge on any atom is -0.506 e. The molecule has 72 valence electrons. The molecule has 0 saturated heterocycles. The van der Waals surface area contributed by atoms with Gasteiger partial charge in [-0.15, -0.1) is 0 Å². The second kappa shape index (κ2) is 3.29. The third kappa shape index (κ3) is 1.43. The zero-order valence-electron chi connectivity index (χ0n) is 8.36. The molecule has 0 radical (unpaired) electrons. The number of fused-ring (bicyclic) bond motifs is 1. The molecule has 2 nitrogen and oxygen atoms in total. The fourth-order valence-electron chi connectivity index (χ4n) is 1.54. The van der Waals surface area contributed by atoms with Crippen LogP contribution in [0.4, 0.5) is 0 Å². The summed E-state index contributed by atoms with van der Waals surface area (Å²) in [4.78, 5) is 3.96. The summed E-state index contributed by atoms with van der Waals surface area (Å²) in [6.45, 7) is 4.30. The van der Waals surface area contributed by atoms with Gasteiger partial charge in [-0.25, -0.2) is 0 Å². The van der Waals surface area contributed by atoms with Crippen molar-refractivity contribution in [1.29, 1.82) is 0 Å². The molecule has 0 saturated carbocycles. The molecule has 1 aromatic carbocycles. The SMILES string of the molecule is CC(C)c1ccc2c(O)cncc2c1. The monoisotopic (exact) mass is 187 g/mol. The van der Waals surface area contributed by atoms with Crippen LogP contribution < -0.4 is 0 Å². The van der Waals surface area contributed by atoms with Gasteiger partial charge in [-0.1, -0.05) is 26.0 Å². The van der Waals surface area contributed by atoms with Gasteiger partial charge in [0.25, 0.3) is 0 Å². The van der Waals surface area contributed by atoms with Crippen molar-refractivity contribution in [3.63, 3.8) is 0 Å². The molecule has 0 aliphatic heterocycles. The van der Waals surface area contributed by atoms with E-state index in [0.29, 0.717) is 5.92 Å². The van der Waals surface area contributed by atoms with E-state index in [9.17, 15) is 5.11 Å². The van der Waals surface area contributed by atoms with Gasteiger partial charge in [0.05, 0.1) is 6.20 Å². The molecule has 0 bridgehead atoms. The van der Waals surface area contributed by atoms with E-state index in [4.69, 9.17) is 0 Å². The van der Waals surface area contributed by atoms with Crippen molar-refractivity contribution in [2.45, 2.75) is 19.8 Å². The standard InChI is InChI=1S/C12H13NO/c1-8(2)9-3-4-11-10(5-9)6-13-7-12(11)14/h3-8,14H,1-2H3. The van der Waals surface area contributed by atoms with Crippen molar-refractivity contribution in [2.24, 2.45) is 0 Å². The molecule has 2 aromatic rings. The lowest BCUT2D eigenvalue weighted by Crippen LogP contribution is -1.87. The molecule has 1 N–H and O–H groups in total. The maximum absolute atomic E-state index is 9.54. The van der Waals surface area contributed by atoms with E-state index in [-0.39, 0.29) is 5.75 Å². The number of pyridine rings is 1. The molecule has 1 aromatic heterocycles. The summed E-state index contributed by atoms with van der Waals surface area (Å²) in [6.07, 6.45) is 3.25. The largest absolute Gasteiger partial charge is 0.506 e. The Kier molecular flexibility index (Phi) is 2.12. The summed E-state index contributed by atoms with van der Waals surface area (Å²) in [5.41, 5.74) is 1.27. The van der Waals surface area contributed by atoms with Crippen molar-refractivity contribution < 1.29 is 5.11 Å². The number of aromatic nitrogens is 1. The Labute approximate surface area is 83.2 Å². The molecule has 0 fully saturated rings. The van der Waals surface area contributed by atoms with E-state index in [2.05, 4.69) is 24.9 Å². The van der Waals surface area contributed by atoms with E-state index in [1.54, 1.807) is 6.20 Å². The van der Waals surface area contributed by atoms with E-state index in [1.165, 1.54) is 11.8 Å². The van der Waals surface area contributed by atoms with Crippen molar-refractivity contribution in [1.82, 2.24) is 4.98 Å². The second-order valence-corrected chi connectivity index (χ2v) is 3.79. The Morgan fingerprint density at radius 3 is 2.71 bits per heavy atom. The molecular weight excluding hydrogens is 174 g/mol. The van der Waals surface area contributed by atoms with Crippen LogP contribution in [-0.2, 0) is 0 Å². The summed E-state index contributed by atoms with van der Waals surface area (Å²) < 4.78 is 0. The smallest absolute Gasteiger partial charge is 0.141 e. The van der Waals surface area contributed by atoms with Gasteiger partial charge in [-0.2, -0.15) is 0 Å². The molecule has 2 rings (SSSR count). The number of hydrogen-bond acceptors (Lipinski definition) is 2. The van der Waals surface area contributed by atoms with Crippen LogP contribution in [0.5, 0.6) is 5.75 Å². The third-order valence-electron chi connectivity index (χ3n) is 2.43.